The zero-order valence-corrected chi connectivity index (χ0v) is 24.8. The number of hydrogen-bond donors (Lipinski definition) is 0. The fraction of sp³-hybridized carbons (Fsp3) is 0.852. The molecular formula is C27H50BKO-2. The van der Waals surface area contributed by atoms with Gasteiger partial charge in [-0.2, -0.15) is 18.8 Å². The van der Waals surface area contributed by atoms with Crippen molar-refractivity contribution < 1.29 is 56.2 Å². The summed E-state index contributed by atoms with van der Waals surface area (Å²) in [5.74, 6) is 3.63. The number of Topliss-reactive ketones (excluding diaryl/α,β-unsaturated/α-hetero) is 1. The van der Waals surface area contributed by atoms with Crippen LogP contribution in [0.15, 0.2) is 0 Å². The van der Waals surface area contributed by atoms with Crippen LogP contribution in [0.3, 0.4) is 0 Å². The number of fused-ring (bicyclic) bond motifs is 1. The Labute approximate surface area is 234 Å². The Morgan fingerprint density at radius 1 is 1.10 bits per heavy atom. The van der Waals surface area contributed by atoms with Gasteiger partial charge in [-0.15, -0.1) is 0 Å². The van der Waals surface area contributed by atoms with E-state index < -0.39 is 0 Å². The first-order chi connectivity index (χ1) is 13.9. The zero-order valence-electron chi connectivity index (χ0n) is 21.6. The van der Waals surface area contributed by atoms with Crippen LogP contribution in [0.1, 0.15) is 99.3 Å². The molecule has 0 aromatic rings. The normalized spacial score (nSPS) is 31.6. The molecule has 7 atom stereocenters. The summed E-state index contributed by atoms with van der Waals surface area (Å²) >= 11 is 0. The summed E-state index contributed by atoms with van der Waals surface area (Å²) in [7, 11) is 5.73. The van der Waals surface area contributed by atoms with Crippen LogP contribution in [0.5, 0.6) is 0 Å². The van der Waals surface area contributed by atoms with Gasteiger partial charge in [-0.25, -0.2) is 0 Å². The minimum absolute atomic E-state index is 0. The van der Waals surface area contributed by atoms with Gasteiger partial charge in [-0.3, -0.25) is 0 Å². The predicted octanol–water partition coefficient (Wildman–Crippen LogP) is 4.96. The molecule has 0 aliphatic heterocycles. The van der Waals surface area contributed by atoms with Gasteiger partial charge in [0, 0.05) is 5.92 Å². The molecule has 170 valence electrons. The third-order valence-corrected chi connectivity index (χ3v) is 7.92. The predicted molar refractivity (Wildman–Crippen MR) is 131 cm³/mol. The van der Waals surface area contributed by atoms with Crippen LogP contribution in [0, 0.1) is 61.7 Å². The quantitative estimate of drug-likeness (QED) is 0.366. The summed E-state index contributed by atoms with van der Waals surface area (Å²) in [6.45, 7) is 25.5. The smallest absolute Gasteiger partial charge is 0.343 e. The average molecular weight is 441 g/mol. The van der Waals surface area contributed by atoms with E-state index in [4.69, 9.17) is 7.85 Å². The SMILES string of the molecule is CC.CC.[B]CC(=O)C1CCC2C(C[CH2-])C(C([CH2-])CCC(C)C[CH2-])CCC12CC.[K+]. The average Bonchev–Trinajstić information content (AvgIpc) is 3.18. The van der Waals surface area contributed by atoms with E-state index in [1.54, 1.807) is 0 Å². The van der Waals surface area contributed by atoms with Crippen molar-refractivity contribution >= 4 is 13.6 Å². The first kappa shape index (κ1) is 33.5. The Kier molecular flexibility index (Phi) is 19.9. The van der Waals surface area contributed by atoms with Gasteiger partial charge in [0.15, 0.2) is 0 Å². The molecule has 2 aliphatic carbocycles. The van der Waals surface area contributed by atoms with Crippen molar-refractivity contribution in [1.29, 1.82) is 0 Å². The molecule has 30 heavy (non-hydrogen) atoms. The fourth-order valence-corrected chi connectivity index (χ4v) is 6.29. The molecule has 1 nitrogen and oxygen atoms in total. The molecule has 3 heteroatoms. The molecule has 0 saturated heterocycles. The first-order valence-corrected chi connectivity index (χ1v) is 12.6. The molecule has 0 N–H and O–H groups in total. The van der Waals surface area contributed by atoms with Crippen molar-refractivity contribution in [2.24, 2.45) is 40.9 Å². The topological polar surface area (TPSA) is 17.1 Å². The number of carbonyl (C=O) groups excluding carboxylic acids is 1. The van der Waals surface area contributed by atoms with Gasteiger partial charge in [0.05, 0.1) is 7.85 Å². The number of hydrogen-bond acceptors (Lipinski definition) is 1. The van der Waals surface area contributed by atoms with E-state index in [0.717, 1.165) is 25.7 Å². The first-order valence-electron chi connectivity index (χ1n) is 12.6. The van der Waals surface area contributed by atoms with Crippen molar-refractivity contribution in [3.05, 3.63) is 20.8 Å². The molecule has 2 fully saturated rings. The molecule has 7 unspecified atom stereocenters. The molecule has 2 rings (SSSR count). The van der Waals surface area contributed by atoms with Crippen molar-refractivity contribution in [2.45, 2.75) is 106 Å². The van der Waals surface area contributed by atoms with Crippen molar-refractivity contribution in [1.82, 2.24) is 0 Å². The van der Waals surface area contributed by atoms with E-state index in [-0.39, 0.29) is 69.0 Å². The summed E-state index contributed by atoms with van der Waals surface area (Å²) in [4.78, 5) is 12.5. The third-order valence-electron chi connectivity index (χ3n) is 7.92. The minimum atomic E-state index is 0. The Balaban J connectivity index is 0. The number of rotatable bonds is 9. The van der Waals surface area contributed by atoms with E-state index in [1.165, 1.54) is 32.1 Å². The van der Waals surface area contributed by atoms with Crippen LogP contribution in [0.4, 0.5) is 0 Å². The molecule has 2 aliphatic rings. The van der Waals surface area contributed by atoms with E-state index in [9.17, 15) is 4.79 Å². The second kappa shape index (κ2) is 17.8. The summed E-state index contributed by atoms with van der Waals surface area (Å²) in [6.07, 6.45) is 10.4. The number of carbonyl (C=O) groups is 1. The van der Waals surface area contributed by atoms with E-state index >= 15 is 0 Å². The minimum Gasteiger partial charge on any atom is -0.343 e. The Hall–Kier alpha value is 1.37. The molecule has 0 aromatic heterocycles. The Morgan fingerprint density at radius 3 is 2.17 bits per heavy atom. The molecule has 0 spiro atoms. The third kappa shape index (κ3) is 8.00. The summed E-state index contributed by atoms with van der Waals surface area (Å²) < 4.78 is 0. The maximum absolute atomic E-state index is 12.5. The maximum Gasteiger partial charge on any atom is 1.00 e. The van der Waals surface area contributed by atoms with Crippen LogP contribution in [0.2, 0.25) is 6.32 Å². The standard InChI is InChI=1S/C23H38BO.2C2H6.K/c1-6-16(4)9-10-17(5)19-13-14-23(8-3)20(18(19)7-2)11-12-21(23)22(25)15-24;2*1-2;/h16-21H,1-2,5-15H2,3-4H3;2*1-2H3;/q-3;;;+1. The van der Waals surface area contributed by atoms with Gasteiger partial charge in [0.2, 0.25) is 0 Å². The molecule has 2 radical (unpaired) electrons. The fourth-order valence-electron chi connectivity index (χ4n) is 6.29. The molecule has 0 amide bonds. The van der Waals surface area contributed by atoms with Crippen molar-refractivity contribution in [3.63, 3.8) is 0 Å². The zero-order chi connectivity index (χ0) is 22.6. The van der Waals surface area contributed by atoms with E-state index in [2.05, 4.69) is 34.6 Å². The van der Waals surface area contributed by atoms with Gasteiger partial charge in [-0.1, -0.05) is 78.6 Å². The van der Waals surface area contributed by atoms with Crippen molar-refractivity contribution in [3.8, 4) is 0 Å². The van der Waals surface area contributed by atoms with Gasteiger partial charge >= 0.3 is 51.4 Å². The molecule has 0 bridgehead atoms. The van der Waals surface area contributed by atoms with Gasteiger partial charge in [-0.05, 0) is 43.3 Å². The second-order valence-electron chi connectivity index (χ2n) is 8.88. The van der Waals surface area contributed by atoms with Gasteiger partial charge in [0.25, 0.3) is 0 Å². The summed E-state index contributed by atoms with van der Waals surface area (Å²) in [5, 5.41) is 0. The Bertz CT molecular complexity index is 441. The van der Waals surface area contributed by atoms with Crippen LogP contribution >= 0.6 is 0 Å². The summed E-state index contributed by atoms with van der Waals surface area (Å²) in [5.41, 5.74) is 0.190. The van der Waals surface area contributed by atoms with E-state index in [1.807, 2.05) is 27.7 Å². The molecular weight excluding hydrogens is 390 g/mol. The molecule has 2 saturated carbocycles. The largest absolute Gasteiger partial charge is 1.00 e. The van der Waals surface area contributed by atoms with Gasteiger partial charge in [0.1, 0.15) is 5.78 Å². The van der Waals surface area contributed by atoms with Crippen LogP contribution in [-0.4, -0.2) is 13.6 Å². The maximum atomic E-state index is 12.5. The summed E-state index contributed by atoms with van der Waals surface area (Å²) in [6, 6.07) is 0. The van der Waals surface area contributed by atoms with Crippen LogP contribution < -0.4 is 51.4 Å². The second-order valence-corrected chi connectivity index (χ2v) is 8.88. The molecule has 0 aromatic carbocycles. The number of ketones is 1. The molecule has 0 heterocycles. The monoisotopic (exact) mass is 440 g/mol. The van der Waals surface area contributed by atoms with E-state index in [0.29, 0.717) is 35.4 Å². The van der Waals surface area contributed by atoms with Crippen LogP contribution in [-0.2, 0) is 4.79 Å². The van der Waals surface area contributed by atoms with Crippen LogP contribution in [0.25, 0.3) is 0 Å². The Morgan fingerprint density at radius 2 is 1.70 bits per heavy atom. The van der Waals surface area contributed by atoms with Gasteiger partial charge < -0.3 is 25.6 Å². The van der Waals surface area contributed by atoms with Crippen molar-refractivity contribution in [2.75, 3.05) is 0 Å².